The normalized spacial score (nSPS) is 25.7. The summed E-state index contributed by atoms with van der Waals surface area (Å²) in [6.45, 7) is 3.16. The fraction of sp³-hybridized carbons (Fsp3) is 0.588. The highest BCUT2D eigenvalue weighted by Crippen LogP contribution is 2.31. The van der Waals surface area contributed by atoms with E-state index in [1.807, 2.05) is 29.2 Å². The Balaban J connectivity index is 1.31. The molecule has 23 heavy (non-hydrogen) atoms. The third-order valence-corrected chi connectivity index (χ3v) is 4.83. The molecular weight excluding hydrogens is 296 g/mol. The van der Waals surface area contributed by atoms with Crippen molar-refractivity contribution in [2.75, 3.05) is 32.9 Å². The largest absolute Gasteiger partial charge is 0.491 e. The first kappa shape index (κ1) is 14.8. The van der Waals surface area contributed by atoms with Crippen LogP contribution in [0.1, 0.15) is 18.4 Å². The molecule has 1 atom stereocenters. The molecule has 0 saturated carbocycles. The third-order valence-electron chi connectivity index (χ3n) is 4.83. The quantitative estimate of drug-likeness (QED) is 0.853. The van der Waals surface area contributed by atoms with Crippen molar-refractivity contribution in [1.82, 2.24) is 10.2 Å². The Hall–Kier alpha value is -1.79. The van der Waals surface area contributed by atoms with E-state index in [1.165, 1.54) is 0 Å². The van der Waals surface area contributed by atoms with E-state index in [-0.39, 0.29) is 12.1 Å². The first-order chi connectivity index (χ1) is 11.2. The number of benzene rings is 1. The van der Waals surface area contributed by atoms with Crippen LogP contribution in [0.5, 0.6) is 5.75 Å². The summed E-state index contributed by atoms with van der Waals surface area (Å²) in [5.41, 5.74) is 1.15. The van der Waals surface area contributed by atoms with Crippen LogP contribution in [0.15, 0.2) is 24.3 Å². The average Bonchev–Trinajstić information content (AvgIpc) is 3.03. The maximum absolute atomic E-state index is 12.5. The van der Waals surface area contributed by atoms with E-state index >= 15 is 0 Å². The number of urea groups is 1. The summed E-state index contributed by atoms with van der Waals surface area (Å²) >= 11 is 0. The van der Waals surface area contributed by atoms with E-state index in [2.05, 4.69) is 5.32 Å². The highest BCUT2D eigenvalue weighted by molar-refractivity contribution is 5.74. The average molecular weight is 318 g/mol. The summed E-state index contributed by atoms with van der Waals surface area (Å²) in [6.07, 6.45) is 2.29. The lowest BCUT2D eigenvalue weighted by molar-refractivity contribution is -0.181. The van der Waals surface area contributed by atoms with Gasteiger partial charge in [0.15, 0.2) is 5.79 Å². The minimum absolute atomic E-state index is 0.0206. The number of hydrogen-bond acceptors (Lipinski definition) is 4. The van der Waals surface area contributed by atoms with E-state index < -0.39 is 5.79 Å². The molecule has 0 radical (unpaired) electrons. The van der Waals surface area contributed by atoms with Crippen LogP contribution in [0.2, 0.25) is 0 Å². The van der Waals surface area contributed by atoms with Gasteiger partial charge >= 0.3 is 6.03 Å². The number of fused-ring (bicyclic) bond motifs is 1. The van der Waals surface area contributed by atoms with Gasteiger partial charge in [-0.15, -0.1) is 0 Å². The Morgan fingerprint density at radius 2 is 1.91 bits per heavy atom. The van der Waals surface area contributed by atoms with Crippen molar-refractivity contribution in [2.45, 2.75) is 31.1 Å². The second-order valence-electron chi connectivity index (χ2n) is 6.36. The number of amides is 2. The second-order valence-corrected chi connectivity index (χ2v) is 6.36. The maximum atomic E-state index is 12.5. The Morgan fingerprint density at radius 3 is 2.70 bits per heavy atom. The fourth-order valence-electron chi connectivity index (χ4n) is 3.52. The summed E-state index contributed by atoms with van der Waals surface area (Å²) in [5, 5.41) is 3.09. The molecule has 3 aliphatic rings. The Morgan fingerprint density at radius 1 is 1.17 bits per heavy atom. The highest BCUT2D eigenvalue weighted by Gasteiger charge is 2.41. The van der Waals surface area contributed by atoms with E-state index in [1.54, 1.807) is 0 Å². The zero-order valence-corrected chi connectivity index (χ0v) is 13.1. The van der Waals surface area contributed by atoms with Crippen LogP contribution in [0.4, 0.5) is 4.79 Å². The van der Waals surface area contributed by atoms with E-state index in [9.17, 15) is 4.79 Å². The van der Waals surface area contributed by atoms with Crippen LogP contribution >= 0.6 is 0 Å². The lowest BCUT2D eigenvalue weighted by Gasteiger charge is -2.38. The number of para-hydroxylation sites is 1. The molecule has 2 saturated heterocycles. The third kappa shape index (κ3) is 3.01. The standard InChI is InChI=1S/C17H22N2O4/c20-16(19-7-5-17(6-8-19)22-9-10-23-17)18-14-11-13-3-1-2-4-15(13)21-12-14/h1-4,14H,5-12H2,(H,18,20)/t14-/m0/s1. The minimum Gasteiger partial charge on any atom is -0.491 e. The molecule has 6 nitrogen and oxygen atoms in total. The summed E-state index contributed by atoms with van der Waals surface area (Å²) in [6, 6.07) is 7.98. The van der Waals surface area contributed by atoms with Gasteiger partial charge in [0.05, 0.1) is 19.3 Å². The summed E-state index contributed by atoms with van der Waals surface area (Å²) in [4.78, 5) is 14.3. The first-order valence-corrected chi connectivity index (χ1v) is 8.28. The number of piperidine rings is 1. The highest BCUT2D eigenvalue weighted by atomic mass is 16.7. The van der Waals surface area contributed by atoms with Crippen molar-refractivity contribution in [3.8, 4) is 5.75 Å². The number of likely N-dealkylation sites (tertiary alicyclic amines) is 1. The fourth-order valence-corrected chi connectivity index (χ4v) is 3.52. The molecule has 1 spiro atoms. The molecule has 0 aromatic heterocycles. The van der Waals surface area contributed by atoms with Gasteiger partial charge in [-0.1, -0.05) is 18.2 Å². The van der Waals surface area contributed by atoms with Crippen molar-refractivity contribution in [1.29, 1.82) is 0 Å². The molecule has 1 N–H and O–H groups in total. The molecule has 1 aromatic carbocycles. The lowest BCUT2D eigenvalue weighted by Crippen LogP contribution is -2.53. The van der Waals surface area contributed by atoms with Crippen molar-refractivity contribution in [3.05, 3.63) is 29.8 Å². The topological polar surface area (TPSA) is 60.0 Å². The molecule has 2 fully saturated rings. The predicted molar refractivity (Wildman–Crippen MR) is 83.4 cm³/mol. The zero-order chi connectivity index (χ0) is 15.7. The molecular formula is C17H22N2O4. The van der Waals surface area contributed by atoms with Crippen molar-refractivity contribution in [3.63, 3.8) is 0 Å². The molecule has 0 unspecified atom stereocenters. The number of carbonyl (C=O) groups excluding carboxylic acids is 1. The Bertz CT molecular complexity index is 576. The number of carbonyl (C=O) groups is 1. The number of ether oxygens (including phenoxy) is 3. The molecule has 4 rings (SSSR count). The summed E-state index contributed by atoms with van der Waals surface area (Å²) in [5.74, 6) is 0.484. The molecule has 1 aromatic rings. The monoisotopic (exact) mass is 318 g/mol. The second kappa shape index (κ2) is 6.02. The van der Waals surface area contributed by atoms with Gasteiger partial charge in [0.25, 0.3) is 0 Å². The molecule has 0 bridgehead atoms. The van der Waals surface area contributed by atoms with Crippen molar-refractivity contribution < 1.29 is 19.0 Å². The molecule has 124 valence electrons. The van der Waals surface area contributed by atoms with Crippen LogP contribution in [0.3, 0.4) is 0 Å². The number of nitrogens with one attached hydrogen (secondary N) is 1. The van der Waals surface area contributed by atoms with Crippen molar-refractivity contribution in [2.24, 2.45) is 0 Å². The van der Waals surface area contributed by atoms with Gasteiger partial charge in [0.2, 0.25) is 0 Å². The minimum atomic E-state index is -0.441. The van der Waals surface area contributed by atoms with Crippen LogP contribution in [0.25, 0.3) is 0 Å². The van der Waals surface area contributed by atoms with E-state index in [4.69, 9.17) is 14.2 Å². The molecule has 0 aliphatic carbocycles. The van der Waals surface area contributed by atoms with Crippen LogP contribution in [0, 0.1) is 0 Å². The van der Waals surface area contributed by atoms with Gasteiger partial charge in [0.1, 0.15) is 12.4 Å². The SMILES string of the molecule is O=C(N[C@@H]1COc2ccccc2C1)N1CCC2(CC1)OCCO2. The van der Waals surface area contributed by atoms with Gasteiger partial charge in [-0.2, -0.15) is 0 Å². The van der Waals surface area contributed by atoms with Gasteiger partial charge < -0.3 is 24.4 Å². The number of nitrogens with zero attached hydrogens (tertiary/aromatic N) is 1. The van der Waals surface area contributed by atoms with E-state index in [0.717, 1.165) is 30.6 Å². The molecule has 3 aliphatic heterocycles. The predicted octanol–water partition coefficient (Wildman–Crippen LogP) is 1.54. The zero-order valence-electron chi connectivity index (χ0n) is 13.1. The Kier molecular flexibility index (Phi) is 3.87. The summed E-state index contributed by atoms with van der Waals surface area (Å²) in [7, 11) is 0. The molecule has 6 heteroatoms. The first-order valence-electron chi connectivity index (χ1n) is 8.28. The number of rotatable bonds is 1. The lowest BCUT2D eigenvalue weighted by atomic mass is 10.0. The molecule has 2 amide bonds. The van der Waals surface area contributed by atoms with Crippen LogP contribution < -0.4 is 10.1 Å². The van der Waals surface area contributed by atoms with Crippen LogP contribution in [-0.2, 0) is 15.9 Å². The maximum Gasteiger partial charge on any atom is 0.317 e. The van der Waals surface area contributed by atoms with Crippen LogP contribution in [-0.4, -0.2) is 55.7 Å². The van der Waals surface area contributed by atoms with Gasteiger partial charge in [-0.05, 0) is 18.1 Å². The smallest absolute Gasteiger partial charge is 0.317 e. The van der Waals surface area contributed by atoms with E-state index in [0.29, 0.717) is 32.9 Å². The molecule has 3 heterocycles. The van der Waals surface area contributed by atoms with Gasteiger partial charge in [0, 0.05) is 25.9 Å². The summed E-state index contributed by atoms with van der Waals surface area (Å²) < 4.78 is 17.1. The van der Waals surface area contributed by atoms with Gasteiger partial charge in [-0.25, -0.2) is 4.79 Å². The van der Waals surface area contributed by atoms with Crippen molar-refractivity contribution >= 4 is 6.03 Å². The number of hydrogen-bond donors (Lipinski definition) is 1. The Labute approximate surface area is 135 Å². The van der Waals surface area contributed by atoms with Gasteiger partial charge in [-0.3, -0.25) is 0 Å².